The molecule has 0 bridgehead atoms. The van der Waals surface area contributed by atoms with Gasteiger partial charge in [-0.1, -0.05) is 56.3 Å². The topological polar surface area (TPSA) is 111 Å². The van der Waals surface area contributed by atoms with Gasteiger partial charge >= 0.3 is 6.01 Å². The van der Waals surface area contributed by atoms with E-state index in [0.717, 1.165) is 38.8 Å². The van der Waals surface area contributed by atoms with Gasteiger partial charge < -0.3 is 25.0 Å². The number of carbonyl (C=O) groups is 2. The van der Waals surface area contributed by atoms with Gasteiger partial charge in [-0.05, 0) is 55.4 Å². The molecule has 10 nitrogen and oxygen atoms in total. The van der Waals surface area contributed by atoms with Crippen LogP contribution < -0.4 is 10.1 Å². The number of nitrogens with one attached hydrogen (secondary N) is 1. The van der Waals surface area contributed by atoms with E-state index in [0.29, 0.717) is 37.4 Å². The molecule has 45 heavy (non-hydrogen) atoms. The number of β-amino-alcohol motifs (C(OH)–C–C–N with tert-alkyl or cyclic N) is 1. The molecule has 0 saturated carbocycles. The highest BCUT2D eigenvalue weighted by Crippen LogP contribution is 2.27. The number of likely N-dealkylation sites (tertiary alicyclic amines) is 2. The van der Waals surface area contributed by atoms with Crippen molar-refractivity contribution in [1.29, 1.82) is 0 Å². The maximum atomic E-state index is 13.8. The van der Waals surface area contributed by atoms with Crippen LogP contribution in [0.25, 0.3) is 0 Å². The molecule has 1 aromatic heterocycles. The van der Waals surface area contributed by atoms with Crippen molar-refractivity contribution in [3.63, 3.8) is 0 Å². The molecule has 0 unspecified atom stereocenters. The second kappa shape index (κ2) is 14.0. The van der Waals surface area contributed by atoms with E-state index in [4.69, 9.17) is 4.74 Å². The molecule has 2 saturated heterocycles. The number of carbonyl (C=O) groups excluding carboxylic acids is 2. The largest absolute Gasteiger partial charge is 0.460 e. The average Bonchev–Trinajstić information content (AvgIpc) is 3.54. The summed E-state index contributed by atoms with van der Waals surface area (Å²) in [5, 5.41) is 14.7. The second-order valence-electron chi connectivity index (χ2n) is 12.4. The summed E-state index contributed by atoms with van der Waals surface area (Å²) in [6, 6.07) is 19.6. The highest BCUT2D eigenvalue weighted by atomic mass is 16.5. The number of hydrogen-bond donors (Lipinski definition) is 2. The second-order valence-corrected chi connectivity index (χ2v) is 12.4. The average molecular weight is 613 g/mol. The summed E-state index contributed by atoms with van der Waals surface area (Å²) in [5.41, 5.74) is 3.60. The molecular formula is C35H44N6O4. The fourth-order valence-electron chi connectivity index (χ4n) is 6.79. The van der Waals surface area contributed by atoms with E-state index < -0.39 is 6.10 Å². The van der Waals surface area contributed by atoms with Crippen LogP contribution in [0.15, 0.2) is 60.7 Å². The number of aromatic nitrogens is 2. The van der Waals surface area contributed by atoms with E-state index in [-0.39, 0.29) is 48.3 Å². The molecule has 2 N–H and O–H groups in total. The number of aliphatic hydroxyl groups is 1. The number of piperidine rings is 1. The Morgan fingerprint density at radius 3 is 2.38 bits per heavy atom. The van der Waals surface area contributed by atoms with Crippen LogP contribution in [0.3, 0.4) is 0 Å². The van der Waals surface area contributed by atoms with Gasteiger partial charge in [-0.2, -0.15) is 9.97 Å². The van der Waals surface area contributed by atoms with Gasteiger partial charge in [-0.15, -0.1) is 0 Å². The van der Waals surface area contributed by atoms with Gasteiger partial charge in [-0.25, -0.2) is 0 Å². The number of amides is 2. The molecule has 0 spiro atoms. The Morgan fingerprint density at radius 2 is 1.62 bits per heavy atom. The summed E-state index contributed by atoms with van der Waals surface area (Å²) >= 11 is 0. The van der Waals surface area contributed by atoms with Crippen molar-refractivity contribution in [2.75, 3.05) is 38.0 Å². The predicted molar refractivity (Wildman–Crippen MR) is 172 cm³/mol. The van der Waals surface area contributed by atoms with E-state index in [1.807, 2.05) is 49.1 Å². The van der Waals surface area contributed by atoms with Crippen LogP contribution in [0.4, 0.5) is 5.82 Å². The van der Waals surface area contributed by atoms with E-state index >= 15 is 0 Å². The quantitative estimate of drug-likeness (QED) is 0.373. The lowest BCUT2D eigenvalue weighted by atomic mass is 9.94. The molecule has 4 heterocycles. The lowest BCUT2D eigenvalue weighted by Gasteiger charge is -2.43. The van der Waals surface area contributed by atoms with Crippen LogP contribution in [-0.4, -0.2) is 98.6 Å². The first-order valence-electron chi connectivity index (χ1n) is 16.4. The molecule has 6 rings (SSSR count). The molecule has 3 aromatic rings. The first-order chi connectivity index (χ1) is 21.9. The van der Waals surface area contributed by atoms with Crippen molar-refractivity contribution in [2.45, 2.75) is 76.8 Å². The fourth-order valence-corrected chi connectivity index (χ4v) is 6.79. The van der Waals surface area contributed by atoms with Gasteiger partial charge in [0, 0.05) is 63.0 Å². The number of aliphatic hydroxyl groups excluding tert-OH is 1. The van der Waals surface area contributed by atoms with Crippen molar-refractivity contribution in [1.82, 2.24) is 24.7 Å². The van der Waals surface area contributed by atoms with Crippen LogP contribution in [-0.2, 0) is 13.0 Å². The number of anilines is 1. The zero-order valence-electron chi connectivity index (χ0n) is 26.3. The lowest BCUT2D eigenvalue weighted by Crippen LogP contribution is -2.56. The highest BCUT2D eigenvalue weighted by Gasteiger charge is 2.36. The van der Waals surface area contributed by atoms with Crippen molar-refractivity contribution in [3.05, 3.63) is 83.0 Å². The number of ether oxygens (including phenoxy) is 1. The van der Waals surface area contributed by atoms with E-state index in [2.05, 4.69) is 44.5 Å². The third-order valence-corrected chi connectivity index (χ3v) is 9.42. The van der Waals surface area contributed by atoms with E-state index in [9.17, 15) is 14.7 Å². The van der Waals surface area contributed by atoms with Gasteiger partial charge in [0.1, 0.15) is 17.6 Å². The Bertz CT molecular complexity index is 1480. The van der Waals surface area contributed by atoms with Gasteiger partial charge in [0.25, 0.3) is 11.8 Å². The normalized spacial score (nSPS) is 21.9. The third kappa shape index (κ3) is 7.12. The summed E-state index contributed by atoms with van der Waals surface area (Å²) in [7, 11) is 0. The summed E-state index contributed by atoms with van der Waals surface area (Å²) in [5.74, 6) is 0.256. The molecule has 0 aliphatic carbocycles. The van der Waals surface area contributed by atoms with Crippen molar-refractivity contribution < 1.29 is 19.4 Å². The first kappa shape index (κ1) is 31.0. The van der Waals surface area contributed by atoms with E-state index in [1.54, 1.807) is 11.0 Å². The van der Waals surface area contributed by atoms with Gasteiger partial charge in [-0.3, -0.25) is 14.5 Å². The SMILES string of the molecule is CCC(CC)Oc1nc(N[C@H]2CCN(C(=O)c3ccccc3)C2)cc(C(=O)N2CC[C@@H](N3CCc4ccccc4C3)[C@H](O)C2)n1. The maximum absolute atomic E-state index is 13.8. The molecule has 2 fully saturated rings. The van der Waals surface area contributed by atoms with Crippen LogP contribution in [0, 0.1) is 0 Å². The molecule has 10 heteroatoms. The van der Waals surface area contributed by atoms with Crippen LogP contribution in [0.1, 0.15) is 71.5 Å². The van der Waals surface area contributed by atoms with Gasteiger partial charge in [0.05, 0.1) is 6.10 Å². The summed E-state index contributed by atoms with van der Waals surface area (Å²) in [6.07, 6.45) is 3.28. The first-order valence-corrected chi connectivity index (χ1v) is 16.4. The predicted octanol–water partition coefficient (Wildman–Crippen LogP) is 4.00. The molecule has 3 aliphatic heterocycles. The van der Waals surface area contributed by atoms with Gasteiger partial charge in [0.2, 0.25) is 0 Å². The Labute approximate surface area is 265 Å². The Kier molecular flexibility index (Phi) is 9.61. The summed E-state index contributed by atoms with van der Waals surface area (Å²) in [6.45, 7) is 7.76. The highest BCUT2D eigenvalue weighted by molar-refractivity contribution is 5.94. The minimum Gasteiger partial charge on any atom is -0.460 e. The molecule has 0 radical (unpaired) electrons. The monoisotopic (exact) mass is 612 g/mol. The lowest BCUT2D eigenvalue weighted by molar-refractivity contribution is -0.0139. The minimum atomic E-state index is -0.653. The molecule has 238 valence electrons. The van der Waals surface area contributed by atoms with Crippen LogP contribution in [0.5, 0.6) is 6.01 Å². The maximum Gasteiger partial charge on any atom is 0.319 e. The number of fused-ring (bicyclic) bond motifs is 1. The molecule has 3 aliphatic rings. The number of nitrogens with zero attached hydrogens (tertiary/aromatic N) is 5. The van der Waals surface area contributed by atoms with Crippen molar-refractivity contribution >= 4 is 17.6 Å². The van der Waals surface area contributed by atoms with E-state index in [1.165, 1.54) is 11.1 Å². The Morgan fingerprint density at radius 1 is 0.911 bits per heavy atom. The minimum absolute atomic E-state index is 0.00250. The molecule has 2 aromatic carbocycles. The Balaban J connectivity index is 1.14. The van der Waals surface area contributed by atoms with Crippen molar-refractivity contribution in [2.24, 2.45) is 0 Å². The molecule has 3 atom stereocenters. The smallest absolute Gasteiger partial charge is 0.319 e. The van der Waals surface area contributed by atoms with Crippen LogP contribution in [0.2, 0.25) is 0 Å². The van der Waals surface area contributed by atoms with Crippen LogP contribution >= 0.6 is 0 Å². The van der Waals surface area contributed by atoms with Crippen molar-refractivity contribution in [3.8, 4) is 6.01 Å². The van der Waals surface area contributed by atoms with Gasteiger partial charge in [0.15, 0.2) is 0 Å². The molecular weight excluding hydrogens is 568 g/mol. The number of benzene rings is 2. The molecule has 2 amide bonds. The summed E-state index contributed by atoms with van der Waals surface area (Å²) in [4.78, 5) is 41.9. The summed E-state index contributed by atoms with van der Waals surface area (Å²) < 4.78 is 6.11. The third-order valence-electron chi connectivity index (χ3n) is 9.42. The fraction of sp³-hybridized carbons (Fsp3) is 0.486. The number of rotatable bonds is 9. The zero-order chi connectivity index (χ0) is 31.3. The Hall–Kier alpha value is -4.02. The zero-order valence-corrected chi connectivity index (χ0v) is 26.3. The standard InChI is InChI=1S/C35H44N6O4/c1-3-28(4-2)45-35-37-29(20-32(38-35)36-27-15-18-40(22-27)33(43)25-11-6-5-7-12-25)34(44)41-19-16-30(31(42)23-41)39-17-14-24-10-8-9-13-26(24)21-39/h5-13,20,27-28,30-31,42H,3-4,14-19,21-23H2,1-2H3,(H,36,37,38)/t27-,30+,31+/m0/s1. The number of hydrogen-bond acceptors (Lipinski definition) is 8.